The minimum atomic E-state index is -1.05. The maximum atomic E-state index is 5.60. The quantitative estimate of drug-likeness (QED) is 0.529. The largest absolute Gasteiger partial charge is 0.350 e. The van der Waals surface area contributed by atoms with Crippen molar-refractivity contribution in [1.82, 2.24) is 4.65 Å². The predicted molar refractivity (Wildman–Crippen MR) is 49.7 cm³/mol. The molecule has 0 bridgehead atoms. The molecule has 53 valence electrons. The van der Waals surface area contributed by atoms with Gasteiger partial charge in [-0.3, -0.25) is 0 Å². The van der Waals surface area contributed by atoms with E-state index in [1.807, 2.05) is 0 Å². The summed E-state index contributed by atoms with van der Waals surface area (Å²) in [6.45, 7) is 9.38. The van der Waals surface area contributed by atoms with E-state index in [9.17, 15) is 0 Å². The molecule has 0 fully saturated rings. The van der Waals surface area contributed by atoms with Crippen LogP contribution in [0.25, 0.3) is 0 Å². The SMILES string of the molecule is C[Si](C)[Si](C)(C)N[Si]Cl. The molecular formula is C4H13ClNSi3. The van der Waals surface area contributed by atoms with E-state index < -0.39 is 7.75 Å². The topological polar surface area (TPSA) is 12.0 Å². The molecular weight excluding hydrogens is 182 g/mol. The van der Waals surface area contributed by atoms with Gasteiger partial charge >= 0.3 is 0 Å². The molecule has 3 radical (unpaired) electrons. The Morgan fingerprint density at radius 3 is 2.00 bits per heavy atom. The van der Waals surface area contributed by atoms with Gasteiger partial charge in [0, 0.05) is 0 Å². The Bertz CT molecular complexity index is 85.9. The van der Waals surface area contributed by atoms with Crippen molar-refractivity contribution in [2.24, 2.45) is 0 Å². The highest BCUT2D eigenvalue weighted by molar-refractivity contribution is 7.32. The Balaban J connectivity index is 3.70. The first-order chi connectivity index (χ1) is 4.00. The molecule has 0 saturated carbocycles. The average molecular weight is 195 g/mol. The highest BCUT2D eigenvalue weighted by Gasteiger charge is 2.24. The van der Waals surface area contributed by atoms with Gasteiger partial charge in [-0.2, -0.15) is 0 Å². The Kier molecular flexibility index (Phi) is 4.32. The van der Waals surface area contributed by atoms with Crippen LogP contribution in [0.1, 0.15) is 0 Å². The second-order valence-corrected chi connectivity index (χ2v) is 16.6. The fourth-order valence-electron chi connectivity index (χ4n) is 0.243. The van der Waals surface area contributed by atoms with Gasteiger partial charge in [-0.1, -0.05) is 26.2 Å². The van der Waals surface area contributed by atoms with E-state index in [1.165, 1.54) is 0 Å². The zero-order valence-corrected chi connectivity index (χ0v) is 10.1. The summed E-state index contributed by atoms with van der Waals surface area (Å²) in [6, 6.07) is 0. The molecule has 0 aromatic heterocycles. The second kappa shape index (κ2) is 3.92. The van der Waals surface area contributed by atoms with Crippen molar-refractivity contribution in [3.63, 3.8) is 0 Å². The molecule has 0 aliphatic heterocycles. The fourth-order valence-corrected chi connectivity index (χ4v) is 7.84. The van der Waals surface area contributed by atoms with E-state index in [-0.39, 0.29) is 8.31 Å². The van der Waals surface area contributed by atoms with Crippen molar-refractivity contribution in [1.29, 1.82) is 0 Å². The van der Waals surface area contributed by atoms with E-state index in [2.05, 4.69) is 30.8 Å². The molecule has 0 atom stereocenters. The molecule has 1 N–H and O–H groups in total. The van der Waals surface area contributed by atoms with Crippen molar-refractivity contribution in [2.45, 2.75) is 26.2 Å². The summed E-state index contributed by atoms with van der Waals surface area (Å²) < 4.78 is 3.40. The van der Waals surface area contributed by atoms with Gasteiger partial charge in [0.05, 0.1) is 8.31 Å². The standard InChI is InChI=1S/C4H13ClNSi3/c1-8(2)9(3,4)6-7-5/h6H,1-4H3. The number of rotatable bonds is 3. The lowest BCUT2D eigenvalue weighted by Gasteiger charge is -2.25. The summed E-state index contributed by atoms with van der Waals surface area (Å²) in [4.78, 5) is 0. The molecule has 0 spiro atoms. The van der Waals surface area contributed by atoms with Crippen molar-refractivity contribution < 1.29 is 0 Å². The third kappa shape index (κ3) is 3.57. The maximum absolute atomic E-state index is 5.60. The second-order valence-electron chi connectivity index (χ2n) is 2.84. The molecule has 9 heavy (non-hydrogen) atoms. The summed E-state index contributed by atoms with van der Waals surface area (Å²) in [6.07, 6.45) is 0. The predicted octanol–water partition coefficient (Wildman–Crippen LogP) is 1.39. The Labute approximate surface area is 67.3 Å². The molecule has 5 heteroatoms. The van der Waals surface area contributed by atoms with Crippen LogP contribution in [0.2, 0.25) is 26.2 Å². The van der Waals surface area contributed by atoms with E-state index in [0.29, 0.717) is 8.99 Å². The third-order valence-corrected chi connectivity index (χ3v) is 16.5. The summed E-state index contributed by atoms with van der Waals surface area (Å²) >= 11 is 5.60. The van der Waals surface area contributed by atoms with E-state index in [4.69, 9.17) is 11.1 Å². The fraction of sp³-hybridized carbons (Fsp3) is 1.00. The highest BCUT2D eigenvalue weighted by Crippen LogP contribution is 2.01. The van der Waals surface area contributed by atoms with Crippen LogP contribution in [0.15, 0.2) is 0 Å². The lowest BCUT2D eigenvalue weighted by Crippen LogP contribution is -2.55. The molecule has 0 aromatic rings. The molecule has 0 unspecified atom stereocenters. The van der Waals surface area contributed by atoms with Crippen LogP contribution in [0.5, 0.6) is 0 Å². The van der Waals surface area contributed by atoms with Crippen molar-refractivity contribution in [2.75, 3.05) is 0 Å². The van der Waals surface area contributed by atoms with Gasteiger partial charge in [-0.25, -0.2) is 0 Å². The average Bonchev–Trinajstić information content (AvgIpc) is 1.65. The Morgan fingerprint density at radius 2 is 1.89 bits per heavy atom. The van der Waals surface area contributed by atoms with Crippen LogP contribution in [0.4, 0.5) is 0 Å². The van der Waals surface area contributed by atoms with Crippen LogP contribution in [0, 0.1) is 0 Å². The summed E-state index contributed by atoms with van der Waals surface area (Å²) in [5.74, 6) is 0. The first kappa shape index (κ1) is 9.90. The lowest BCUT2D eigenvalue weighted by molar-refractivity contribution is 1.48. The van der Waals surface area contributed by atoms with Crippen molar-refractivity contribution in [3.8, 4) is 0 Å². The Morgan fingerprint density at radius 1 is 1.44 bits per heavy atom. The van der Waals surface area contributed by atoms with Crippen molar-refractivity contribution in [3.05, 3.63) is 0 Å². The molecule has 0 heterocycles. The zero-order chi connectivity index (χ0) is 7.49. The number of hydrogen-bond acceptors (Lipinski definition) is 1. The highest BCUT2D eigenvalue weighted by atomic mass is 35.6. The van der Waals surface area contributed by atoms with Gasteiger partial charge in [-0.15, -0.1) is 11.1 Å². The van der Waals surface area contributed by atoms with E-state index >= 15 is 0 Å². The van der Waals surface area contributed by atoms with E-state index in [1.54, 1.807) is 0 Å². The van der Waals surface area contributed by atoms with Gasteiger partial charge in [-0.05, 0) is 0 Å². The zero-order valence-electron chi connectivity index (χ0n) is 6.38. The maximum Gasteiger partial charge on any atom is 0.263 e. The minimum absolute atomic E-state index is 0.123. The van der Waals surface area contributed by atoms with Gasteiger partial charge in [0.2, 0.25) is 0 Å². The molecule has 0 amide bonds. The molecule has 0 rings (SSSR count). The molecule has 0 aromatic carbocycles. The molecule has 0 saturated heterocycles. The van der Waals surface area contributed by atoms with Crippen LogP contribution in [-0.2, 0) is 0 Å². The minimum Gasteiger partial charge on any atom is -0.350 e. The van der Waals surface area contributed by atoms with Crippen LogP contribution >= 0.6 is 11.1 Å². The van der Waals surface area contributed by atoms with Gasteiger partial charge in [0.15, 0.2) is 0 Å². The van der Waals surface area contributed by atoms with Crippen molar-refractivity contribution >= 4 is 36.1 Å². The third-order valence-electron chi connectivity index (χ3n) is 1.61. The summed E-state index contributed by atoms with van der Waals surface area (Å²) in [7, 11) is -0.760. The van der Waals surface area contributed by atoms with Gasteiger partial charge < -0.3 is 4.65 Å². The first-order valence-electron chi connectivity index (χ1n) is 2.94. The van der Waals surface area contributed by atoms with Crippen LogP contribution < -0.4 is 4.65 Å². The lowest BCUT2D eigenvalue weighted by atomic mass is 11.9. The molecule has 1 nitrogen and oxygen atoms in total. The smallest absolute Gasteiger partial charge is 0.263 e. The number of hydrogen-bond donors (Lipinski definition) is 1. The summed E-state index contributed by atoms with van der Waals surface area (Å²) in [5, 5.41) is 0. The summed E-state index contributed by atoms with van der Waals surface area (Å²) in [5.41, 5.74) is 0. The Hall–Kier alpha value is 0.901. The van der Waals surface area contributed by atoms with Gasteiger partial charge in [0.1, 0.15) is 7.75 Å². The number of halogens is 1. The van der Waals surface area contributed by atoms with Crippen LogP contribution in [0.3, 0.4) is 0 Å². The monoisotopic (exact) mass is 194 g/mol. The first-order valence-corrected chi connectivity index (χ1v) is 11.5. The van der Waals surface area contributed by atoms with Crippen LogP contribution in [-0.4, -0.2) is 25.1 Å². The molecule has 0 aliphatic carbocycles. The van der Waals surface area contributed by atoms with Gasteiger partial charge in [0.25, 0.3) is 8.99 Å². The normalized spacial score (nSPS) is 12.7. The number of nitrogens with one attached hydrogen (secondary N) is 1. The van der Waals surface area contributed by atoms with E-state index in [0.717, 1.165) is 0 Å². The molecule has 0 aliphatic rings.